The van der Waals surface area contributed by atoms with Gasteiger partial charge in [0.15, 0.2) is 11.5 Å². The number of nitrogens with zero attached hydrogens (tertiary/aromatic N) is 6. The highest BCUT2D eigenvalue weighted by Crippen LogP contribution is 2.38. The minimum Gasteiger partial charge on any atom is -0.444 e. The van der Waals surface area contributed by atoms with Gasteiger partial charge in [0.25, 0.3) is 0 Å². The monoisotopic (exact) mass is 453 g/mol. The molecule has 3 atom stereocenters. The molecule has 5 heterocycles. The van der Waals surface area contributed by atoms with Crippen molar-refractivity contribution in [2.75, 3.05) is 10.6 Å². The third-order valence-corrected chi connectivity index (χ3v) is 6.22. The molecule has 0 radical (unpaired) electrons. The van der Waals surface area contributed by atoms with Crippen LogP contribution in [-0.2, 0) is 11.8 Å². The highest BCUT2D eigenvalue weighted by Gasteiger charge is 2.45. The molecule has 1 amide bonds. The number of nitrogens with one attached hydrogen (secondary N) is 3. The number of carbonyl (C=O) groups is 1. The molecule has 3 aromatic heterocycles. The van der Waals surface area contributed by atoms with E-state index in [9.17, 15) is 4.79 Å². The molecular weight excluding hydrogens is 422 g/mol. The lowest BCUT2D eigenvalue weighted by molar-refractivity contribution is 0.00682. The van der Waals surface area contributed by atoms with Crippen molar-refractivity contribution >= 4 is 34.7 Å². The van der Waals surface area contributed by atoms with E-state index in [0.29, 0.717) is 17.6 Å². The minimum atomic E-state index is -0.492. The first-order valence-corrected chi connectivity index (χ1v) is 11.4. The lowest BCUT2D eigenvalue weighted by Gasteiger charge is -2.39. The largest absolute Gasteiger partial charge is 0.444 e. The lowest BCUT2D eigenvalue weighted by Crippen LogP contribution is -2.51. The van der Waals surface area contributed by atoms with Gasteiger partial charge >= 0.3 is 6.09 Å². The molecule has 2 bridgehead atoms. The molecule has 3 aromatic rings. The van der Waals surface area contributed by atoms with Gasteiger partial charge in [0.2, 0.25) is 5.95 Å². The summed E-state index contributed by atoms with van der Waals surface area (Å²) in [6.45, 7) is 7.66. The molecule has 2 fully saturated rings. The number of piperidine rings is 1. The normalized spacial score (nSPS) is 22.6. The zero-order valence-corrected chi connectivity index (χ0v) is 19.7. The molecule has 11 nitrogen and oxygen atoms in total. The predicted molar refractivity (Wildman–Crippen MR) is 124 cm³/mol. The Morgan fingerprint density at radius 1 is 1.21 bits per heavy atom. The van der Waals surface area contributed by atoms with Crippen molar-refractivity contribution in [2.45, 2.75) is 77.1 Å². The minimum absolute atomic E-state index is 0.168. The van der Waals surface area contributed by atoms with Gasteiger partial charge in [0.1, 0.15) is 11.4 Å². The van der Waals surface area contributed by atoms with Crippen LogP contribution in [-0.4, -0.2) is 64.7 Å². The summed E-state index contributed by atoms with van der Waals surface area (Å²) in [5.41, 5.74) is 1.20. The van der Waals surface area contributed by atoms with Crippen LogP contribution in [0.1, 0.15) is 52.1 Å². The molecule has 2 saturated heterocycles. The standard InChI is InChI=1S/C22H31N9O2/c1-12-8-17(29-28-12)25-18-16-11-23-30(5)19(16)27-20(26-18)24-13-9-14-6-7-15(10-13)31(14)21(32)33-22(2,3)4/h8,11,13-15H,6-7,9-10H2,1-5H3,(H3,24,25,26,27,28,29)/t13-,14-,15+. The second kappa shape index (κ2) is 7.89. The molecular formula is C22H31N9O2. The molecule has 0 unspecified atom stereocenters. The number of anilines is 3. The van der Waals surface area contributed by atoms with Crippen LogP contribution < -0.4 is 10.6 Å². The van der Waals surface area contributed by atoms with Crippen LogP contribution >= 0.6 is 0 Å². The van der Waals surface area contributed by atoms with Crippen molar-refractivity contribution < 1.29 is 9.53 Å². The first-order valence-electron chi connectivity index (χ1n) is 11.4. The molecule has 0 aromatic carbocycles. The van der Waals surface area contributed by atoms with Crippen LogP contribution in [0.5, 0.6) is 0 Å². The number of hydrogen-bond acceptors (Lipinski definition) is 8. The molecule has 2 aliphatic rings. The molecule has 176 valence electrons. The quantitative estimate of drug-likeness (QED) is 0.548. The van der Waals surface area contributed by atoms with Gasteiger partial charge < -0.3 is 20.3 Å². The second-order valence-corrected chi connectivity index (χ2v) is 10.0. The van der Waals surface area contributed by atoms with E-state index < -0.39 is 5.60 Å². The number of hydrogen-bond donors (Lipinski definition) is 3. The van der Waals surface area contributed by atoms with Gasteiger partial charge in [-0.2, -0.15) is 20.2 Å². The average molecular weight is 454 g/mol. The van der Waals surface area contributed by atoms with E-state index >= 15 is 0 Å². The number of aromatic nitrogens is 6. The van der Waals surface area contributed by atoms with Crippen LogP contribution in [0.25, 0.3) is 11.0 Å². The maximum atomic E-state index is 12.7. The van der Waals surface area contributed by atoms with E-state index in [1.165, 1.54) is 0 Å². The Kier molecular flexibility index (Phi) is 5.13. The number of H-pyrrole nitrogens is 1. The second-order valence-electron chi connectivity index (χ2n) is 10.0. The number of rotatable bonds is 4. The molecule has 0 saturated carbocycles. The van der Waals surface area contributed by atoms with Gasteiger partial charge in [-0.15, -0.1) is 0 Å². The molecule has 0 spiro atoms. The van der Waals surface area contributed by atoms with E-state index in [0.717, 1.165) is 42.4 Å². The Morgan fingerprint density at radius 2 is 1.94 bits per heavy atom. The summed E-state index contributed by atoms with van der Waals surface area (Å²) in [4.78, 5) is 24.1. The van der Waals surface area contributed by atoms with Crippen molar-refractivity contribution in [2.24, 2.45) is 7.05 Å². The summed E-state index contributed by atoms with van der Waals surface area (Å²) in [6.07, 6.45) is 5.21. The Morgan fingerprint density at radius 3 is 2.58 bits per heavy atom. The molecule has 3 N–H and O–H groups in total. The molecule has 2 aliphatic heterocycles. The predicted octanol–water partition coefficient (Wildman–Crippen LogP) is 3.48. The summed E-state index contributed by atoms with van der Waals surface area (Å²) in [5, 5.41) is 19.1. The van der Waals surface area contributed by atoms with Gasteiger partial charge in [-0.25, -0.2) is 4.79 Å². The first kappa shape index (κ1) is 21.5. The Balaban J connectivity index is 1.35. The van der Waals surface area contributed by atoms with Gasteiger partial charge in [-0.3, -0.25) is 9.78 Å². The van der Waals surface area contributed by atoms with Crippen LogP contribution in [0.4, 0.5) is 22.4 Å². The molecule has 5 rings (SSSR count). The van der Waals surface area contributed by atoms with Gasteiger partial charge in [-0.1, -0.05) is 0 Å². The smallest absolute Gasteiger partial charge is 0.410 e. The third-order valence-electron chi connectivity index (χ3n) is 6.22. The Bertz CT molecular complexity index is 1160. The summed E-state index contributed by atoms with van der Waals surface area (Å²) in [7, 11) is 1.86. The van der Waals surface area contributed by atoms with E-state index in [1.807, 2.05) is 45.7 Å². The summed E-state index contributed by atoms with van der Waals surface area (Å²) in [5.74, 6) is 1.87. The first-order chi connectivity index (χ1) is 15.7. The van der Waals surface area contributed by atoms with Gasteiger partial charge in [-0.05, 0) is 53.4 Å². The average Bonchev–Trinajstić information content (AvgIpc) is 3.37. The van der Waals surface area contributed by atoms with Crippen molar-refractivity contribution in [1.29, 1.82) is 0 Å². The number of aromatic amines is 1. The third kappa shape index (κ3) is 4.31. The fourth-order valence-electron chi connectivity index (χ4n) is 4.88. The zero-order valence-electron chi connectivity index (χ0n) is 19.7. The van der Waals surface area contributed by atoms with Crippen LogP contribution in [0.2, 0.25) is 0 Å². The van der Waals surface area contributed by atoms with Crippen molar-refractivity contribution in [3.8, 4) is 0 Å². The van der Waals surface area contributed by atoms with E-state index in [2.05, 4.69) is 25.9 Å². The van der Waals surface area contributed by atoms with Gasteiger partial charge in [0, 0.05) is 36.9 Å². The molecule has 0 aliphatic carbocycles. The van der Waals surface area contributed by atoms with Crippen LogP contribution in [0.3, 0.4) is 0 Å². The molecule has 11 heteroatoms. The van der Waals surface area contributed by atoms with Crippen molar-refractivity contribution in [3.63, 3.8) is 0 Å². The van der Waals surface area contributed by atoms with E-state index in [-0.39, 0.29) is 24.2 Å². The summed E-state index contributed by atoms with van der Waals surface area (Å²) < 4.78 is 7.39. The van der Waals surface area contributed by atoms with Crippen molar-refractivity contribution in [3.05, 3.63) is 18.0 Å². The number of carbonyl (C=O) groups excluding carboxylic acids is 1. The SMILES string of the molecule is Cc1cc(Nc2nc(N[C@@H]3C[C@H]4CC[C@@H](C3)N4C(=O)OC(C)(C)C)nc3c2cnn3C)n[nH]1. The van der Waals surface area contributed by atoms with Crippen LogP contribution in [0, 0.1) is 6.92 Å². The number of aryl methyl sites for hydroxylation is 2. The summed E-state index contributed by atoms with van der Waals surface area (Å²) in [6, 6.07) is 2.43. The fraction of sp³-hybridized carbons (Fsp3) is 0.591. The number of ether oxygens (including phenoxy) is 1. The number of fused-ring (bicyclic) bond motifs is 3. The topological polar surface area (TPSA) is 126 Å². The Labute approximate surface area is 192 Å². The van der Waals surface area contributed by atoms with Crippen molar-refractivity contribution in [1.82, 2.24) is 34.8 Å². The Hall–Kier alpha value is -3.37. The van der Waals surface area contributed by atoms with Gasteiger partial charge in [0.05, 0.1) is 11.6 Å². The van der Waals surface area contributed by atoms with E-state index in [1.54, 1.807) is 10.9 Å². The summed E-state index contributed by atoms with van der Waals surface area (Å²) >= 11 is 0. The highest BCUT2D eigenvalue weighted by molar-refractivity contribution is 5.89. The highest BCUT2D eigenvalue weighted by atomic mass is 16.6. The molecule has 33 heavy (non-hydrogen) atoms. The maximum absolute atomic E-state index is 12.7. The fourth-order valence-corrected chi connectivity index (χ4v) is 4.88. The maximum Gasteiger partial charge on any atom is 0.410 e. The van der Waals surface area contributed by atoms with Crippen LogP contribution in [0.15, 0.2) is 12.3 Å². The van der Waals surface area contributed by atoms with E-state index in [4.69, 9.17) is 14.7 Å². The lowest BCUT2D eigenvalue weighted by atomic mass is 9.98. The number of amides is 1. The zero-order chi connectivity index (χ0) is 23.3.